The van der Waals surface area contributed by atoms with E-state index in [-0.39, 0.29) is 23.8 Å². The Kier molecular flexibility index (Phi) is 4.63. The third-order valence-corrected chi connectivity index (χ3v) is 4.99. The van der Waals surface area contributed by atoms with Gasteiger partial charge >= 0.3 is 0 Å². The zero-order valence-corrected chi connectivity index (χ0v) is 13.0. The summed E-state index contributed by atoms with van der Waals surface area (Å²) in [4.78, 5) is 13.5. The molecule has 23 heavy (non-hydrogen) atoms. The van der Waals surface area contributed by atoms with Crippen LogP contribution in [0, 0.1) is 11.6 Å². The number of halogens is 2. The van der Waals surface area contributed by atoms with Crippen LogP contribution in [0.2, 0.25) is 0 Å². The Hall–Kier alpha value is -1.92. The lowest BCUT2D eigenvalue weighted by Crippen LogP contribution is -2.32. The molecule has 1 aliphatic heterocycles. The fourth-order valence-corrected chi connectivity index (χ4v) is 3.80. The molecule has 1 heterocycles. The van der Waals surface area contributed by atoms with Crippen LogP contribution in [0.25, 0.3) is 0 Å². The van der Waals surface area contributed by atoms with E-state index in [1.54, 1.807) is 24.3 Å². The average Bonchev–Trinajstić information content (AvgIpc) is 2.89. The number of carbonyl (C=O) groups excluding carboxylic acids is 1. The number of amides is 1. The standard InChI is InChI=1S/C17H15F2NO2S/c18-12-6-7-13(14(19)8-12)17-20(16(22)10-23-17)9-15(21)11-4-2-1-3-5-11/h1-8,15,17,21H,9-10H2. The largest absolute Gasteiger partial charge is 0.387 e. The van der Waals surface area contributed by atoms with Crippen LogP contribution in [-0.4, -0.2) is 28.2 Å². The monoisotopic (exact) mass is 335 g/mol. The van der Waals surface area contributed by atoms with Crippen LogP contribution >= 0.6 is 11.8 Å². The molecule has 0 radical (unpaired) electrons. The summed E-state index contributed by atoms with van der Waals surface area (Å²) in [5, 5.41) is 9.77. The van der Waals surface area contributed by atoms with E-state index in [0.29, 0.717) is 5.56 Å². The Balaban J connectivity index is 1.83. The van der Waals surface area contributed by atoms with Gasteiger partial charge in [0.2, 0.25) is 5.91 Å². The number of aliphatic hydroxyl groups is 1. The maximum absolute atomic E-state index is 14.0. The highest BCUT2D eigenvalue weighted by atomic mass is 32.2. The summed E-state index contributed by atoms with van der Waals surface area (Å²) >= 11 is 1.27. The smallest absolute Gasteiger partial charge is 0.233 e. The van der Waals surface area contributed by atoms with Crippen LogP contribution in [0.1, 0.15) is 22.6 Å². The fourth-order valence-electron chi connectivity index (χ4n) is 2.58. The molecule has 1 N–H and O–H groups in total. The van der Waals surface area contributed by atoms with Gasteiger partial charge in [0.05, 0.1) is 18.4 Å². The first-order chi connectivity index (χ1) is 11.1. The first-order valence-corrected chi connectivity index (χ1v) is 8.20. The molecule has 3 rings (SSSR count). The average molecular weight is 335 g/mol. The number of carbonyl (C=O) groups is 1. The van der Waals surface area contributed by atoms with Gasteiger partial charge in [-0.3, -0.25) is 4.79 Å². The number of hydrogen-bond donors (Lipinski definition) is 1. The van der Waals surface area contributed by atoms with Crippen molar-refractivity contribution in [1.29, 1.82) is 0 Å². The molecule has 6 heteroatoms. The van der Waals surface area contributed by atoms with Crippen LogP contribution in [0.3, 0.4) is 0 Å². The molecule has 1 fully saturated rings. The summed E-state index contributed by atoms with van der Waals surface area (Å²) in [5.74, 6) is -1.30. The fraction of sp³-hybridized carbons (Fsp3) is 0.235. The Morgan fingerprint density at radius 3 is 2.65 bits per heavy atom. The maximum Gasteiger partial charge on any atom is 0.233 e. The van der Waals surface area contributed by atoms with Gasteiger partial charge in [-0.1, -0.05) is 36.4 Å². The summed E-state index contributed by atoms with van der Waals surface area (Å²) in [5.41, 5.74) is 0.943. The Bertz CT molecular complexity index is 711. The van der Waals surface area contributed by atoms with Crippen molar-refractivity contribution in [2.75, 3.05) is 12.3 Å². The molecule has 120 valence electrons. The van der Waals surface area contributed by atoms with E-state index in [4.69, 9.17) is 0 Å². The van der Waals surface area contributed by atoms with Crippen LogP contribution in [0.15, 0.2) is 48.5 Å². The van der Waals surface area contributed by atoms with Crippen molar-refractivity contribution in [2.24, 2.45) is 0 Å². The van der Waals surface area contributed by atoms with E-state index in [2.05, 4.69) is 0 Å². The van der Waals surface area contributed by atoms with Crippen molar-refractivity contribution >= 4 is 17.7 Å². The van der Waals surface area contributed by atoms with Crippen molar-refractivity contribution < 1.29 is 18.7 Å². The maximum atomic E-state index is 14.0. The highest BCUT2D eigenvalue weighted by Gasteiger charge is 2.35. The molecule has 1 aliphatic rings. The predicted molar refractivity (Wildman–Crippen MR) is 84.7 cm³/mol. The van der Waals surface area contributed by atoms with Gasteiger partial charge in [-0.2, -0.15) is 0 Å². The quantitative estimate of drug-likeness (QED) is 0.932. The Morgan fingerprint density at radius 2 is 1.96 bits per heavy atom. The molecule has 1 amide bonds. The number of nitrogens with zero attached hydrogens (tertiary/aromatic N) is 1. The molecule has 0 aliphatic carbocycles. The van der Waals surface area contributed by atoms with Gasteiger partial charge in [-0.05, 0) is 11.6 Å². The minimum atomic E-state index is -0.857. The zero-order valence-electron chi connectivity index (χ0n) is 12.2. The van der Waals surface area contributed by atoms with Gasteiger partial charge in [0, 0.05) is 11.6 Å². The number of hydrogen-bond acceptors (Lipinski definition) is 3. The summed E-state index contributed by atoms with van der Waals surface area (Å²) in [7, 11) is 0. The van der Waals surface area contributed by atoms with Gasteiger partial charge < -0.3 is 10.0 Å². The van der Waals surface area contributed by atoms with Crippen LogP contribution in [0.5, 0.6) is 0 Å². The number of thioether (sulfide) groups is 1. The minimum Gasteiger partial charge on any atom is -0.387 e. The van der Waals surface area contributed by atoms with Gasteiger partial charge in [0.15, 0.2) is 0 Å². The third kappa shape index (κ3) is 3.38. The first kappa shape index (κ1) is 16.0. The molecule has 0 spiro atoms. The van der Waals surface area contributed by atoms with Gasteiger partial charge in [0.1, 0.15) is 17.0 Å². The molecule has 2 aromatic rings. The van der Waals surface area contributed by atoms with Gasteiger partial charge in [0.25, 0.3) is 0 Å². The van der Waals surface area contributed by atoms with Crippen molar-refractivity contribution in [1.82, 2.24) is 4.90 Å². The lowest BCUT2D eigenvalue weighted by Gasteiger charge is -2.27. The number of benzene rings is 2. The topological polar surface area (TPSA) is 40.5 Å². The molecule has 3 nitrogen and oxygen atoms in total. The van der Waals surface area contributed by atoms with Gasteiger partial charge in [-0.25, -0.2) is 8.78 Å². The second kappa shape index (κ2) is 6.68. The lowest BCUT2D eigenvalue weighted by molar-refractivity contribution is -0.129. The molecular weight excluding hydrogens is 320 g/mol. The summed E-state index contributed by atoms with van der Waals surface area (Å²) < 4.78 is 27.1. The Labute approximate surface area is 136 Å². The van der Waals surface area contributed by atoms with E-state index in [1.807, 2.05) is 6.07 Å². The van der Waals surface area contributed by atoms with Crippen molar-refractivity contribution in [3.63, 3.8) is 0 Å². The van der Waals surface area contributed by atoms with E-state index in [9.17, 15) is 18.7 Å². The number of β-amino-alcohol motifs (C(OH)–C–C–N with tert-alkyl or cyclic N) is 1. The van der Waals surface area contributed by atoms with Crippen molar-refractivity contribution in [3.8, 4) is 0 Å². The molecule has 2 unspecified atom stereocenters. The van der Waals surface area contributed by atoms with Crippen LogP contribution in [0.4, 0.5) is 8.78 Å². The third-order valence-electron chi connectivity index (χ3n) is 3.75. The molecule has 1 saturated heterocycles. The molecule has 2 aromatic carbocycles. The first-order valence-electron chi connectivity index (χ1n) is 7.15. The van der Waals surface area contributed by atoms with E-state index in [1.165, 1.54) is 28.8 Å². The molecule has 0 saturated carbocycles. The number of aliphatic hydroxyl groups excluding tert-OH is 1. The van der Waals surface area contributed by atoms with E-state index < -0.39 is 23.1 Å². The second-order valence-electron chi connectivity index (χ2n) is 5.30. The lowest BCUT2D eigenvalue weighted by atomic mass is 10.1. The van der Waals surface area contributed by atoms with Crippen molar-refractivity contribution in [2.45, 2.75) is 11.5 Å². The second-order valence-corrected chi connectivity index (χ2v) is 6.37. The summed E-state index contributed by atoms with van der Waals surface area (Å²) in [6.07, 6.45) is -0.857. The van der Waals surface area contributed by atoms with E-state index >= 15 is 0 Å². The van der Waals surface area contributed by atoms with Crippen LogP contribution in [-0.2, 0) is 4.79 Å². The molecule has 0 bridgehead atoms. The van der Waals surface area contributed by atoms with Gasteiger partial charge in [-0.15, -0.1) is 11.8 Å². The van der Waals surface area contributed by atoms with E-state index in [0.717, 1.165) is 6.07 Å². The minimum absolute atomic E-state index is 0.0668. The SMILES string of the molecule is O=C1CSC(c2ccc(F)cc2F)N1CC(O)c1ccccc1. The Morgan fingerprint density at radius 1 is 1.22 bits per heavy atom. The molecule has 2 atom stereocenters. The highest BCUT2D eigenvalue weighted by molar-refractivity contribution is 8.00. The summed E-state index contributed by atoms with van der Waals surface area (Å²) in [6, 6.07) is 12.3. The highest BCUT2D eigenvalue weighted by Crippen LogP contribution is 2.40. The predicted octanol–water partition coefficient (Wildman–Crippen LogP) is 3.27. The molecule has 0 aromatic heterocycles. The van der Waals surface area contributed by atoms with Crippen molar-refractivity contribution in [3.05, 3.63) is 71.3 Å². The summed E-state index contributed by atoms with van der Waals surface area (Å²) in [6.45, 7) is 0.0668. The zero-order chi connectivity index (χ0) is 16.4. The number of rotatable bonds is 4. The normalized spacial score (nSPS) is 19.2. The van der Waals surface area contributed by atoms with Crippen LogP contribution < -0.4 is 0 Å². The molecular formula is C17H15F2NO2S.